The van der Waals surface area contributed by atoms with Gasteiger partial charge in [0.15, 0.2) is 0 Å². The minimum Gasteiger partial charge on any atom is -0.338 e. The summed E-state index contributed by atoms with van der Waals surface area (Å²) in [5.74, 6) is 0.578. The van der Waals surface area contributed by atoms with Crippen LogP contribution in [0.15, 0.2) is 22.7 Å². The minimum atomic E-state index is -0.257. The summed E-state index contributed by atoms with van der Waals surface area (Å²) in [6, 6.07) is 5.26. The van der Waals surface area contributed by atoms with Gasteiger partial charge < -0.3 is 15.0 Å². The Morgan fingerprint density at radius 3 is 2.40 bits per heavy atom. The van der Waals surface area contributed by atoms with E-state index in [1.54, 1.807) is 18.2 Å². The molecule has 2 atom stereocenters. The number of hydrogen-bond acceptors (Lipinski definition) is 3. The Morgan fingerprint density at radius 2 is 1.80 bits per heavy atom. The third-order valence-electron chi connectivity index (χ3n) is 4.35. The van der Waals surface area contributed by atoms with Crippen molar-refractivity contribution in [3.05, 3.63) is 28.2 Å². The van der Waals surface area contributed by atoms with Gasteiger partial charge in [0, 0.05) is 30.4 Å². The van der Waals surface area contributed by atoms with E-state index >= 15 is 0 Å². The zero-order valence-corrected chi connectivity index (χ0v) is 16.6. The van der Waals surface area contributed by atoms with Crippen LogP contribution in [0.4, 0.5) is 5.69 Å². The van der Waals surface area contributed by atoms with E-state index in [-0.39, 0.29) is 30.4 Å². The molecule has 2 rings (SSSR count). The number of anilines is 1. The van der Waals surface area contributed by atoms with Gasteiger partial charge in [0.2, 0.25) is 5.91 Å². The molecule has 0 radical (unpaired) electrons. The van der Waals surface area contributed by atoms with Crippen LogP contribution in [0, 0.1) is 11.8 Å². The number of ketones is 1. The van der Waals surface area contributed by atoms with E-state index in [0.29, 0.717) is 23.1 Å². The Hall–Kier alpha value is -1.69. The largest absolute Gasteiger partial charge is 0.338 e. The number of nitrogens with zero attached hydrogens (tertiary/aromatic N) is 1. The Labute approximate surface area is 157 Å². The van der Waals surface area contributed by atoms with Gasteiger partial charge in [-0.1, -0.05) is 29.8 Å². The van der Waals surface area contributed by atoms with Crippen LogP contribution in [0.5, 0.6) is 0 Å². The molecule has 1 heterocycles. The lowest BCUT2D eigenvalue weighted by Crippen LogP contribution is -2.42. The zero-order valence-electron chi connectivity index (χ0n) is 15.0. The fourth-order valence-corrected chi connectivity index (χ4v) is 3.66. The van der Waals surface area contributed by atoms with Gasteiger partial charge in [0.1, 0.15) is 5.78 Å². The maximum Gasteiger partial charge on any atom is 0.256 e. The fraction of sp³-hybridized carbons (Fsp3) is 0.526. The molecule has 136 valence electrons. The van der Waals surface area contributed by atoms with E-state index in [1.165, 1.54) is 6.92 Å². The van der Waals surface area contributed by atoms with Crippen molar-refractivity contribution in [3.8, 4) is 0 Å². The van der Waals surface area contributed by atoms with Crippen LogP contribution in [0.1, 0.15) is 50.4 Å². The molecule has 1 aromatic rings. The second kappa shape index (κ2) is 8.61. The van der Waals surface area contributed by atoms with Crippen LogP contribution in [-0.2, 0) is 9.59 Å². The Balaban J connectivity index is 2.18. The third kappa shape index (κ3) is 5.66. The Morgan fingerprint density at radius 1 is 1.16 bits per heavy atom. The van der Waals surface area contributed by atoms with Crippen molar-refractivity contribution in [2.45, 2.75) is 40.0 Å². The molecule has 0 spiro atoms. The summed E-state index contributed by atoms with van der Waals surface area (Å²) >= 11 is 3.40. The van der Waals surface area contributed by atoms with E-state index in [0.717, 1.165) is 24.0 Å². The lowest BCUT2D eigenvalue weighted by Gasteiger charge is -2.35. The average Bonchev–Trinajstić information content (AvgIpc) is 2.53. The molecule has 0 bridgehead atoms. The highest BCUT2D eigenvalue weighted by Gasteiger charge is 2.27. The molecular weight excluding hydrogens is 384 g/mol. The number of rotatable bonds is 5. The molecule has 1 fully saturated rings. The summed E-state index contributed by atoms with van der Waals surface area (Å²) in [5, 5.41) is 2.78. The average molecular weight is 409 g/mol. The third-order valence-corrected chi connectivity index (χ3v) is 4.84. The number of likely N-dealkylation sites (tertiary alicyclic amines) is 1. The summed E-state index contributed by atoms with van der Waals surface area (Å²) in [6.07, 6.45) is 1.44. The van der Waals surface area contributed by atoms with Gasteiger partial charge in [0.25, 0.3) is 5.91 Å². The number of hydrogen-bond donors (Lipinski definition) is 1. The number of benzene rings is 1. The SMILES string of the molecule is CC(=O)CCC(=O)Nc1ccc(Br)cc1C(=O)N1C[C@H](C)C[C@H](C)C1. The van der Waals surface area contributed by atoms with Crippen molar-refractivity contribution >= 4 is 39.2 Å². The van der Waals surface area contributed by atoms with Gasteiger partial charge in [-0.3, -0.25) is 9.59 Å². The second-order valence-electron chi connectivity index (χ2n) is 7.10. The summed E-state index contributed by atoms with van der Waals surface area (Å²) in [4.78, 5) is 38.0. The first-order chi connectivity index (χ1) is 11.8. The molecule has 1 saturated heterocycles. The molecule has 1 N–H and O–H groups in total. The number of amides is 2. The molecule has 0 unspecified atom stereocenters. The van der Waals surface area contributed by atoms with Gasteiger partial charge >= 0.3 is 0 Å². The molecule has 1 aliphatic heterocycles. The number of nitrogens with one attached hydrogen (secondary N) is 1. The van der Waals surface area contributed by atoms with E-state index < -0.39 is 0 Å². The smallest absolute Gasteiger partial charge is 0.256 e. The molecule has 25 heavy (non-hydrogen) atoms. The van der Waals surface area contributed by atoms with E-state index in [2.05, 4.69) is 35.1 Å². The van der Waals surface area contributed by atoms with E-state index in [4.69, 9.17) is 0 Å². The second-order valence-corrected chi connectivity index (χ2v) is 8.01. The van der Waals surface area contributed by atoms with Crippen LogP contribution >= 0.6 is 15.9 Å². The molecule has 0 aliphatic carbocycles. The highest BCUT2D eigenvalue weighted by atomic mass is 79.9. The number of piperidine rings is 1. The molecule has 0 aromatic heterocycles. The monoisotopic (exact) mass is 408 g/mol. The summed E-state index contributed by atoms with van der Waals surface area (Å²) in [5.41, 5.74) is 0.972. The topological polar surface area (TPSA) is 66.5 Å². The number of carbonyl (C=O) groups excluding carboxylic acids is 3. The molecule has 1 aromatic carbocycles. The van der Waals surface area contributed by atoms with Crippen LogP contribution < -0.4 is 5.32 Å². The number of carbonyl (C=O) groups is 3. The van der Waals surface area contributed by atoms with Gasteiger partial charge in [-0.05, 0) is 43.4 Å². The quantitative estimate of drug-likeness (QED) is 0.803. The number of Topliss-reactive ketones (excluding diaryl/α,β-unsaturated/α-hetero) is 1. The molecular formula is C19H25BrN2O3. The van der Waals surface area contributed by atoms with Crippen molar-refractivity contribution in [2.24, 2.45) is 11.8 Å². The fourth-order valence-electron chi connectivity index (χ4n) is 3.30. The first-order valence-electron chi connectivity index (χ1n) is 8.64. The summed E-state index contributed by atoms with van der Waals surface area (Å²) < 4.78 is 0.788. The van der Waals surface area contributed by atoms with Crippen LogP contribution in [0.25, 0.3) is 0 Å². The van der Waals surface area contributed by atoms with Crippen LogP contribution in [0.2, 0.25) is 0 Å². The van der Waals surface area contributed by atoms with Gasteiger partial charge in [-0.15, -0.1) is 0 Å². The predicted octanol–water partition coefficient (Wildman–Crippen LogP) is 3.87. The normalized spacial score (nSPS) is 20.2. The van der Waals surface area contributed by atoms with Crippen molar-refractivity contribution in [1.29, 1.82) is 0 Å². The zero-order chi connectivity index (χ0) is 18.6. The highest BCUT2D eigenvalue weighted by Crippen LogP contribution is 2.27. The Kier molecular flexibility index (Phi) is 6.76. The first-order valence-corrected chi connectivity index (χ1v) is 9.43. The van der Waals surface area contributed by atoms with Crippen LogP contribution in [0.3, 0.4) is 0 Å². The molecule has 5 nitrogen and oxygen atoms in total. The lowest BCUT2D eigenvalue weighted by molar-refractivity contribution is -0.121. The van der Waals surface area contributed by atoms with Gasteiger partial charge in [-0.2, -0.15) is 0 Å². The highest BCUT2D eigenvalue weighted by molar-refractivity contribution is 9.10. The van der Waals surface area contributed by atoms with Crippen molar-refractivity contribution < 1.29 is 14.4 Å². The maximum atomic E-state index is 13.0. The maximum absolute atomic E-state index is 13.0. The van der Waals surface area contributed by atoms with Crippen LogP contribution in [-0.4, -0.2) is 35.6 Å². The van der Waals surface area contributed by atoms with E-state index in [1.807, 2.05) is 4.90 Å². The standard InChI is InChI=1S/C19H25BrN2O3/c1-12-8-13(2)11-22(10-12)19(25)16-9-15(20)5-6-17(16)21-18(24)7-4-14(3)23/h5-6,9,12-13H,4,7-8,10-11H2,1-3H3,(H,21,24)/t12-,13+. The first kappa shape index (κ1) is 19.6. The molecule has 2 amide bonds. The van der Waals surface area contributed by atoms with Gasteiger partial charge in [-0.25, -0.2) is 0 Å². The molecule has 1 aliphatic rings. The number of halogens is 1. The molecule has 0 saturated carbocycles. The summed E-state index contributed by atoms with van der Waals surface area (Å²) in [7, 11) is 0. The summed E-state index contributed by atoms with van der Waals surface area (Å²) in [6.45, 7) is 7.23. The van der Waals surface area contributed by atoms with E-state index in [9.17, 15) is 14.4 Å². The van der Waals surface area contributed by atoms with Crippen molar-refractivity contribution in [2.75, 3.05) is 18.4 Å². The van der Waals surface area contributed by atoms with Gasteiger partial charge in [0.05, 0.1) is 11.3 Å². The predicted molar refractivity (Wildman–Crippen MR) is 102 cm³/mol. The molecule has 6 heteroatoms. The van der Waals surface area contributed by atoms with Crippen molar-refractivity contribution in [1.82, 2.24) is 4.90 Å². The van der Waals surface area contributed by atoms with Crippen molar-refractivity contribution in [3.63, 3.8) is 0 Å². The minimum absolute atomic E-state index is 0.0291. The Bertz CT molecular complexity index is 665. The lowest BCUT2D eigenvalue weighted by atomic mass is 9.91.